The van der Waals surface area contributed by atoms with Crippen molar-refractivity contribution in [2.24, 2.45) is 0 Å². The molecule has 18 heavy (non-hydrogen) atoms. The number of nitrogens with zero attached hydrogens (tertiary/aromatic N) is 3. The molecule has 0 saturated carbocycles. The molecule has 1 aromatic rings. The molecular formula is C11H20N4O3. The highest BCUT2D eigenvalue weighted by Crippen LogP contribution is 1.99. The topological polar surface area (TPSA) is 83.7 Å². The monoisotopic (exact) mass is 256 g/mol. The Morgan fingerprint density at radius 3 is 2.89 bits per heavy atom. The van der Waals surface area contributed by atoms with Crippen LogP contribution in [-0.2, 0) is 11.3 Å². The minimum absolute atomic E-state index is 0.396. The van der Waals surface area contributed by atoms with Gasteiger partial charge in [0.25, 0.3) is 0 Å². The second-order valence-electron chi connectivity index (χ2n) is 4.43. The average molecular weight is 256 g/mol. The number of aryl methyl sites for hydroxylation is 1. The van der Waals surface area contributed by atoms with Crippen LogP contribution in [0.4, 0.5) is 0 Å². The zero-order valence-corrected chi connectivity index (χ0v) is 10.6. The number of aromatic nitrogens is 2. The van der Waals surface area contributed by atoms with Gasteiger partial charge < -0.3 is 19.7 Å². The van der Waals surface area contributed by atoms with Gasteiger partial charge in [0.15, 0.2) is 5.82 Å². The van der Waals surface area contributed by atoms with Crippen LogP contribution in [0.15, 0.2) is 4.52 Å². The molecule has 7 nitrogen and oxygen atoms in total. The van der Waals surface area contributed by atoms with Crippen molar-refractivity contribution in [3.8, 4) is 0 Å². The Kier molecular flexibility index (Phi) is 5.06. The quantitative estimate of drug-likeness (QED) is 0.686. The zero-order chi connectivity index (χ0) is 12.8. The summed E-state index contributed by atoms with van der Waals surface area (Å²) in [6.45, 7) is 6.72. The standard InChI is InChI=1S/C11H20N4O3/c1-9-13-11(18-14-9)7-12-6-10(16)8-15-2-4-17-5-3-15/h10,12,16H,2-8H2,1H3. The van der Waals surface area contributed by atoms with Crippen LogP contribution in [0.25, 0.3) is 0 Å². The number of morpholine rings is 1. The molecule has 0 amide bonds. The van der Waals surface area contributed by atoms with Crippen LogP contribution in [0.5, 0.6) is 0 Å². The van der Waals surface area contributed by atoms with Crippen LogP contribution in [0, 0.1) is 6.92 Å². The Morgan fingerprint density at radius 2 is 2.22 bits per heavy atom. The third-order valence-electron chi connectivity index (χ3n) is 2.80. The van der Waals surface area contributed by atoms with Gasteiger partial charge in [-0.3, -0.25) is 4.90 Å². The molecule has 1 saturated heterocycles. The van der Waals surface area contributed by atoms with E-state index in [2.05, 4.69) is 20.4 Å². The fourth-order valence-corrected chi connectivity index (χ4v) is 1.90. The number of aliphatic hydroxyl groups excluding tert-OH is 1. The first-order chi connectivity index (χ1) is 8.74. The Labute approximate surface area is 106 Å². The van der Waals surface area contributed by atoms with Crippen LogP contribution in [0.3, 0.4) is 0 Å². The molecule has 0 spiro atoms. The van der Waals surface area contributed by atoms with E-state index in [0.29, 0.717) is 31.3 Å². The van der Waals surface area contributed by atoms with E-state index in [4.69, 9.17) is 9.26 Å². The third-order valence-corrected chi connectivity index (χ3v) is 2.80. The van der Waals surface area contributed by atoms with Gasteiger partial charge in [0.05, 0.1) is 25.9 Å². The fourth-order valence-electron chi connectivity index (χ4n) is 1.90. The van der Waals surface area contributed by atoms with E-state index in [1.807, 2.05) is 0 Å². The van der Waals surface area contributed by atoms with Crippen LogP contribution < -0.4 is 5.32 Å². The summed E-state index contributed by atoms with van der Waals surface area (Å²) in [5.74, 6) is 1.17. The SMILES string of the molecule is Cc1noc(CNCC(O)CN2CCOCC2)n1. The van der Waals surface area contributed by atoms with Gasteiger partial charge in [0.1, 0.15) is 0 Å². The van der Waals surface area contributed by atoms with Gasteiger partial charge in [-0.25, -0.2) is 0 Å². The van der Waals surface area contributed by atoms with Crippen LogP contribution >= 0.6 is 0 Å². The number of aliphatic hydroxyl groups is 1. The molecule has 1 aliphatic heterocycles. The highest BCUT2D eigenvalue weighted by atomic mass is 16.5. The van der Waals surface area contributed by atoms with Crippen molar-refractivity contribution >= 4 is 0 Å². The van der Waals surface area contributed by atoms with Crippen molar-refractivity contribution in [3.05, 3.63) is 11.7 Å². The number of hydrogen-bond acceptors (Lipinski definition) is 7. The second kappa shape index (κ2) is 6.79. The van der Waals surface area contributed by atoms with Gasteiger partial charge in [-0.1, -0.05) is 5.16 Å². The lowest BCUT2D eigenvalue weighted by Gasteiger charge is -2.28. The minimum atomic E-state index is -0.396. The normalized spacial score (nSPS) is 19.0. The van der Waals surface area contributed by atoms with Crippen LogP contribution in [0.1, 0.15) is 11.7 Å². The first kappa shape index (κ1) is 13.4. The minimum Gasteiger partial charge on any atom is -0.390 e. The summed E-state index contributed by atoms with van der Waals surface area (Å²) in [4.78, 5) is 6.28. The number of nitrogens with one attached hydrogen (secondary N) is 1. The Hall–Kier alpha value is -1.02. The molecule has 2 rings (SSSR count). The first-order valence-electron chi connectivity index (χ1n) is 6.22. The lowest BCUT2D eigenvalue weighted by Crippen LogP contribution is -2.43. The van der Waals surface area contributed by atoms with E-state index >= 15 is 0 Å². The van der Waals surface area contributed by atoms with E-state index in [1.54, 1.807) is 6.92 Å². The van der Waals surface area contributed by atoms with Crippen LogP contribution in [-0.4, -0.2) is 65.6 Å². The zero-order valence-electron chi connectivity index (χ0n) is 10.6. The second-order valence-corrected chi connectivity index (χ2v) is 4.43. The molecular weight excluding hydrogens is 236 g/mol. The van der Waals surface area contributed by atoms with Crippen LogP contribution in [0.2, 0.25) is 0 Å². The maximum Gasteiger partial charge on any atom is 0.240 e. The van der Waals surface area contributed by atoms with Gasteiger partial charge in [-0.15, -0.1) is 0 Å². The maximum atomic E-state index is 9.87. The summed E-state index contributed by atoms with van der Waals surface area (Å²) in [6.07, 6.45) is -0.396. The van der Waals surface area contributed by atoms with Crippen molar-refractivity contribution < 1.29 is 14.4 Å². The summed E-state index contributed by atoms with van der Waals surface area (Å²) in [5.41, 5.74) is 0. The molecule has 1 unspecified atom stereocenters. The van der Waals surface area contributed by atoms with Gasteiger partial charge in [-0.05, 0) is 6.92 Å². The van der Waals surface area contributed by atoms with E-state index in [9.17, 15) is 5.11 Å². The molecule has 1 aromatic heterocycles. The largest absolute Gasteiger partial charge is 0.390 e. The number of hydrogen-bond donors (Lipinski definition) is 2. The lowest BCUT2D eigenvalue weighted by atomic mass is 10.3. The highest BCUT2D eigenvalue weighted by Gasteiger charge is 2.14. The highest BCUT2D eigenvalue weighted by molar-refractivity contribution is 4.82. The summed E-state index contributed by atoms with van der Waals surface area (Å²) in [6, 6.07) is 0. The lowest BCUT2D eigenvalue weighted by molar-refractivity contribution is 0.0148. The Morgan fingerprint density at radius 1 is 1.44 bits per heavy atom. The smallest absolute Gasteiger partial charge is 0.240 e. The predicted octanol–water partition coefficient (Wildman–Crippen LogP) is -0.839. The average Bonchev–Trinajstić information content (AvgIpc) is 2.76. The molecule has 2 heterocycles. The molecule has 2 N–H and O–H groups in total. The molecule has 0 aromatic carbocycles. The molecule has 0 bridgehead atoms. The van der Waals surface area contributed by atoms with Gasteiger partial charge in [0.2, 0.25) is 5.89 Å². The molecule has 102 valence electrons. The summed E-state index contributed by atoms with van der Waals surface area (Å²) < 4.78 is 10.2. The Balaban J connectivity index is 1.60. The van der Waals surface area contributed by atoms with E-state index in [0.717, 1.165) is 26.3 Å². The van der Waals surface area contributed by atoms with Crippen molar-refractivity contribution in [1.82, 2.24) is 20.4 Å². The third kappa shape index (κ3) is 4.34. The Bertz CT molecular complexity index is 352. The van der Waals surface area contributed by atoms with Crippen molar-refractivity contribution in [2.45, 2.75) is 19.6 Å². The number of β-amino-alcohol motifs (C(OH)–C–C–N with tert-alkyl or cyclic N) is 1. The van der Waals surface area contributed by atoms with E-state index in [-0.39, 0.29) is 0 Å². The molecule has 1 fully saturated rings. The molecule has 0 radical (unpaired) electrons. The van der Waals surface area contributed by atoms with Gasteiger partial charge in [-0.2, -0.15) is 4.98 Å². The van der Waals surface area contributed by atoms with E-state index in [1.165, 1.54) is 0 Å². The number of ether oxygens (including phenoxy) is 1. The van der Waals surface area contributed by atoms with Crippen molar-refractivity contribution in [3.63, 3.8) is 0 Å². The van der Waals surface area contributed by atoms with E-state index < -0.39 is 6.10 Å². The maximum absolute atomic E-state index is 9.87. The summed E-state index contributed by atoms with van der Waals surface area (Å²) in [5, 5.41) is 16.7. The molecule has 7 heteroatoms. The predicted molar refractivity (Wildman–Crippen MR) is 64.0 cm³/mol. The summed E-state index contributed by atoms with van der Waals surface area (Å²) >= 11 is 0. The molecule has 1 atom stereocenters. The fraction of sp³-hybridized carbons (Fsp3) is 0.818. The van der Waals surface area contributed by atoms with Gasteiger partial charge >= 0.3 is 0 Å². The van der Waals surface area contributed by atoms with Crippen molar-refractivity contribution in [1.29, 1.82) is 0 Å². The number of rotatable bonds is 6. The molecule has 1 aliphatic rings. The summed E-state index contributed by atoms with van der Waals surface area (Å²) in [7, 11) is 0. The molecule has 0 aliphatic carbocycles. The first-order valence-corrected chi connectivity index (χ1v) is 6.22. The van der Waals surface area contributed by atoms with Crippen molar-refractivity contribution in [2.75, 3.05) is 39.4 Å². The van der Waals surface area contributed by atoms with Gasteiger partial charge in [0, 0.05) is 26.2 Å².